The number of hydrazone groups is 1. The normalized spacial score (nSPS) is 16.6. The second-order valence-electron chi connectivity index (χ2n) is 5.45. The van der Waals surface area contributed by atoms with E-state index in [2.05, 4.69) is 5.10 Å². The van der Waals surface area contributed by atoms with E-state index in [1.165, 1.54) is 36.4 Å². The van der Waals surface area contributed by atoms with Crippen molar-refractivity contribution in [2.45, 2.75) is 19.4 Å². The van der Waals surface area contributed by atoms with Crippen LogP contribution in [0.5, 0.6) is 11.5 Å². The van der Waals surface area contributed by atoms with Gasteiger partial charge in [0.25, 0.3) is 0 Å². The lowest BCUT2D eigenvalue weighted by molar-refractivity contribution is -0.386. The molecule has 0 aliphatic carbocycles. The fourth-order valence-electron chi connectivity index (χ4n) is 2.76. The van der Waals surface area contributed by atoms with Crippen molar-refractivity contribution in [2.24, 2.45) is 5.10 Å². The minimum atomic E-state index is -0.685. The molecule has 2 heterocycles. The zero-order valence-corrected chi connectivity index (χ0v) is 14.3. The molecule has 0 bridgehead atoms. The van der Waals surface area contributed by atoms with Crippen LogP contribution >= 0.6 is 11.3 Å². The lowest BCUT2D eigenvalue weighted by atomic mass is 9.99. The highest BCUT2D eigenvalue weighted by Gasteiger charge is 2.36. The third-order valence-electron chi connectivity index (χ3n) is 3.92. The highest BCUT2D eigenvalue weighted by Crippen LogP contribution is 2.43. The van der Waals surface area contributed by atoms with Gasteiger partial charge in [-0.2, -0.15) is 5.10 Å². The number of rotatable bonds is 4. The number of carbonyl (C=O) groups is 1. The van der Waals surface area contributed by atoms with Crippen LogP contribution in [0.1, 0.15) is 29.8 Å². The largest absolute Gasteiger partial charge is 0.502 e. The second-order valence-corrected chi connectivity index (χ2v) is 6.40. The molecular formula is C16H15N3O5S. The monoisotopic (exact) mass is 361 g/mol. The second kappa shape index (κ2) is 6.52. The Kier molecular flexibility index (Phi) is 4.41. The molecule has 0 saturated carbocycles. The first-order chi connectivity index (χ1) is 11.9. The molecule has 9 heteroatoms. The molecule has 130 valence electrons. The van der Waals surface area contributed by atoms with E-state index < -0.39 is 22.4 Å². The molecule has 1 aromatic carbocycles. The Hall–Kier alpha value is -2.94. The van der Waals surface area contributed by atoms with Crippen LogP contribution in [-0.2, 0) is 4.79 Å². The number of thiophene rings is 1. The highest BCUT2D eigenvalue weighted by atomic mass is 32.1. The number of nitro groups is 1. The van der Waals surface area contributed by atoms with Crippen molar-refractivity contribution in [1.29, 1.82) is 0 Å². The summed E-state index contributed by atoms with van der Waals surface area (Å²) in [6, 6.07) is 5.77. The minimum absolute atomic E-state index is 0.229. The minimum Gasteiger partial charge on any atom is -0.502 e. The summed E-state index contributed by atoms with van der Waals surface area (Å²) >= 11 is 1.49. The standard InChI is InChI=1S/C16H15N3O5S/c1-9(20)18-13(8-12(17-18)15-4-3-5-25-15)11-6-10(24-2)7-14(16(11)21)19(22)23/h3-7,13,21H,8H2,1-2H3. The Balaban J connectivity index is 2.08. The lowest BCUT2D eigenvalue weighted by Crippen LogP contribution is -2.24. The van der Waals surface area contributed by atoms with Crippen molar-refractivity contribution in [3.05, 3.63) is 50.2 Å². The molecule has 1 aromatic heterocycles. The van der Waals surface area contributed by atoms with Gasteiger partial charge in [-0.05, 0) is 17.5 Å². The van der Waals surface area contributed by atoms with Gasteiger partial charge in [0.2, 0.25) is 5.91 Å². The molecule has 2 aromatic rings. The van der Waals surface area contributed by atoms with Gasteiger partial charge in [-0.15, -0.1) is 11.3 Å². The highest BCUT2D eigenvalue weighted by molar-refractivity contribution is 7.12. The predicted molar refractivity (Wildman–Crippen MR) is 92.0 cm³/mol. The molecule has 0 saturated heterocycles. The van der Waals surface area contributed by atoms with Gasteiger partial charge in [0.05, 0.1) is 34.7 Å². The van der Waals surface area contributed by atoms with Crippen molar-refractivity contribution >= 4 is 28.6 Å². The van der Waals surface area contributed by atoms with E-state index in [0.29, 0.717) is 12.1 Å². The Bertz CT molecular complexity index is 863. The molecule has 8 nitrogen and oxygen atoms in total. The van der Waals surface area contributed by atoms with Gasteiger partial charge in [-0.1, -0.05) is 6.07 Å². The molecule has 1 unspecified atom stereocenters. The number of ether oxygens (including phenoxy) is 1. The zero-order chi connectivity index (χ0) is 18.1. The van der Waals surface area contributed by atoms with Crippen LogP contribution < -0.4 is 4.74 Å². The number of hydrogen-bond donors (Lipinski definition) is 1. The summed E-state index contributed by atoms with van der Waals surface area (Å²) in [7, 11) is 1.38. The number of aromatic hydroxyl groups is 1. The smallest absolute Gasteiger partial charge is 0.314 e. The number of carbonyl (C=O) groups excluding carboxylic acids is 1. The van der Waals surface area contributed by atoms with Gasteiger partial charge < -0.3 is 9.84 Å². The van der Waals surface area contributed by atoms with Crippen LogP contribution in [-0.4, -0.2) is 33.8 Å². The molecule has 0 radical (unpaired) electrons. The van der Waals surface area contributed by atoms with Crippen molar-refractivity contribution in [2.75, 3.05) is 7.11 Å². The first kappa shape index (κ1) is 16.9. The van der Waals surface area contributed by atoms with Crippen molar-refractivity contribution in [3.8, 4) is 11.5 Å². The maximum absolute atomic E-state index is 12.0. The Morgan fingerprint density at radius 2 is 2.28 bits per heavy atom. The van der Waals surface area contributed by atoms with Crippen LogP contribution in [0.15, 0.2) is 34.7 Å². The van der Waals surface area contributed by atoms with Crippen molar-refractivity contribution < 1.29 is 19.6 Å². The molecule has 1 amide bonds. The van der Waals surface area contributed by atoms with Crippen LogP contribution in [0, 0.1) is 10.1 Å². The summed E-state index contributed by atoms with van der Waals surface area (Å²) in [4.78, 5) is 23.4. The molecular weight excluding hydrogens is 346 g/mol. The molecule has 1 N–H and O–H groups in total. The molecule has 1 aliphatic heterocycles. The van der Waals surface area contributed by atoms with Crippen LogP contribution in [0.4, 0.5) is 5.69 Å². The fraction of sp³-hybridized carbons (Fsp3) is 0.250. The SMILES string of the molecule is COc1cc(C2CC(c3cccs3)=NN2C(C)=O)c(O)c([N+](=O)[O-])c1. The maximum atomic E-state index is 12.0. The summed E-state index contributed by atoms with van der Waals surface area (Å²) in [5.74, 6) is -0.571. The number of hydrogen-bond acceptors (Lipinski definition) is 7. The summed E-state index contributed by atoms with van der Waals surface area (Å²) in [6.07, 6.45) is 0.345. The van der Waals surface area contributed by atoms with E-state index in [9.17, 15) is 20.0 Å². The van der Waals surface area contributed by atoms with Gasteiger partial charge in [0.1, 0.15) is 5.75 Å². The Morgan fingerprint density at radius 1 is 1.52 bits per heavy atom. The molecule has 0 spiro atoms. The number of phenolic OH excluding ortho intramolecular Hbond substituents is 1. The van der Waals surface area contributed by atoms with E-state index in [0.717, 1.165) is 10.9 Å². The average molecular weight is 361 g/mol. The maximum Gasteiger partial charge on any atom is 0.314 e. The number of nitro benzene ring substituents is 1. The molecule has 1 aliphatic rings. The first-order valence-electron chi connectivity index (χ1n) is 7.38. The molecule has 0 fully saturated rings. The van der Waals surface area contributed by atoms with E-state index in [1.54, 1.807) is 0 Å². The van der Waals surface area contributed by atoms with E-state index in [-0.39, 0.29) is 17.2 Å². The third-order valence-corrected chi connectivity index (χ3v) is 4.84. The molecule has 3 rings (SSSR count). The van der Waals surface area contributed by atoms with Gasteiger partial charge >= 0.3 is 5.69 Å². The van der Waals surface area contributed by atoms with Gasteiger partial charge in [-0.3, -0.25) is 14.9 Å². The number of amides is 1. The molecule has 25 heavy (non-hydrogen) atoms. The fourth-order valence-corrected chi connectivity index (χ4v) is 3.48. The van der Waals surface area contributed by atoms with Gasteiger partial charge in [0.15, 0.2) is 5.75 Å². The quantitative estimate of drug-likeness (QED) is 0.665. The first-order valence-corrected chi connectivity index (χ1v) is 8.26. The third kappa shape index (κ3) is 3.05. The van der Waals surface area contributed by atoms with E-state index in [1.807, 2.05) is 17.5 Å². The van der Waals surface area contributed by atoms with Crippen molar-refractivity contribution in [3.63, 3.8) is 0 Å². The van der Waals surface area contributed by atoms with Crippen LogP contribution in [0.2, 0.25) is 0 Å². The zero-order valence-electron chi connectivity index (χ0n) is 13.5. The summed E-state index contributed by atoms with van der Waals surface area (Å²) < 4.78 is 5.10. The summed E-state index contributed by atoms with van der Waals surface area (Å²) in [6.45, 7) is 1.36. The predicted octanol–water partition coefficient (Wildman–Crippen LogP) is 3.07. The molecule has 1 atom stereocenters. The van der Waals surface area contributed by atoms with Crippen molar-refractivity contribution in [1.82, 2.24) is 5.01 Å². The van der Waals surface area contributed by atoms with Crippen LogP contribution in [0.25, 0.3) is 0 Å². The summed E-state index contributed by atoms with van der Waals surface area (Å²) in [5.41, 5.74) is 0.457. The number of benzene rings is 1. The van der Waals surface area contributed by atoms with Crippen LogP contribution in [0.3, 0.4) is 0 Å². The van der Waals surface area contributed by atoms with Gasteiger partial charge in [0, 0.05) is 18.9 Å². The summed E-state index contributed by atoms with van der Waals surface area (Å²) in [5, 5.41) is 29.1. The van der Waals surface area contributed by atoms with E-state index in [4.69, 9.17) is 4.74 Å². The Labute approximate surface area is 147 Å². The van der Waals surface area contributed by atoms with E-state index >= 15 is 0 Å². The number of methoxy groups -OCH3 is 1. The lowest BCUT2D eigenvalue weighted by Gasteiger charge is -2.21. The van der Waals surface area contributed by atoms with Gasteiger partial charge in [-0.25, -0.2) is 5.01 Å². The Morgan fingerprint density at radius 3 is 2.84 bits per heavy atom. The average Bonchev–Trinajstić information content (AvgIpc) is 3.24. The number of phenols is 1. The number of nitrogens with zero attached hydrogens (tertiary/aromatic N) is 3. The topological polar surface area (TPSA) is 105 Å².